The lowest BCUT2D eigenvalue weighted by atomic mass is 10.1. The molecule has 0 bridgehead atoms. The van der Waals surface area contributed by atoms with Crippen LogP contribution >= 0.6 is 11.8 Å². The van der Waals surface area contributed by atoms with Crippen LogP contribution < -0.4 is 11.2 Å². The summed E-state index contributed by atoms with van der Waals surface area (Å²) in [7, 11) is 0. The fraction of sp³-hybridized carbons (Fsp3) is 0.300. The van der Waals surface area contributed by atoms with Crippen LogP contribution in [-0.2, 0) is 10.5 Å². The van der Waals surface area contributed by atoms with Crippen LogP contribution in [0.1, 0.15) is 18.2 Å². The average Bonchev–Trinajstić information content (AvgIpc) is 3.07. The maximum atomic E-state index is 12.3. The molecule has 0 amide bonds. The molecule has 2 heterocycles. The molecule has 3 unspecified atom stereocenters. The number of rotatable bonds is 5. The third-order valence-electron chi connectivity index (χ3n) is 4.87. The van der Waals surface area contributed by atoms with Gasteiger partial charge in [0.25, 0.3) is 5.56 Å². The van der Waals surface area contributed by atoms with Crippen molar-refractivity contribution in [2.45, 2.75) is 35.5 Å². The highest BCUT2D eigenvalue weighted by molar-refractivity contribution is 7.98. The zero-order valence-electron chi connectivity index (χ0n) is 14.9. The van der Waals surface area contributed by atoms with Crippen LogP contribution in [0.3, 0.4) is 0 Å². The van der Waals surface area contributed by atoms with E-state index in [0.29, 0.717) is 11.3 Å². The molecule has 28 heavy (non-hydrogen) atoms. The van der Waals surface area contributed by atoms with E-state index in [-0.39, 0.29) is 13.0 Å². The number of fused-ring (bicyclic) bond motifs is 1. The Hall–Kier alpha value is -2.39. The van der Waals surface area contributed by atoms with Crippen LogP contribution in [0.15, 0.2) is 63.1 Å². The number of thioether (sulfide) groups is 1. The molecule has 4 rings (SSSR count). The molecule has 0 aliphatic carbocycles. The third kappa shape index (κ3) is 3.64. The Morgan fingerprint density at radius 2 is 1.96 bits per heavy atom. The summed E-state index contributed by atoms with van der Waals surface area (Å²) in [5.41, 5.74) is -0.603. The van der Waals surface area contributed by atoms with Crippen molar-refractivity contribution in [1.29, 1.82) is 0 Å². The summed E-state index contributed by atoms with van der Waals surface area (Å²) >= 11 is 1.51. The first-order valence-corrected chi connectivity index (χ1v) is 9.94. The molecule has 1 aliphatic rings. The van der Waals surface area contributed by atoms with Gasteiger partial charge in [0.2, 0.25) is 0 Å². The normalized spacial score (nSPS) is 22.0. The quantitative estimate of drug-likeness (QED) is 0.562. The first kappa shape index (κ1) is 18.9. The molecule has 7 nitrogen and oxygen atoms in total. The minimum absolute atomic E-state index is 0.174. The van der Waals surface area contributed by atoms with E-state index in [1.807, 2.05) is 42.5 Å². The summed E-state index contributed by atoms with van der Waals surface area (Å²) in [6.07, 6.45) is -0.666. The van der Waals surface area contributed by atoms with Crippen molar-refractivity contribution in [2.24, 2.45) is 0 Å². The van der Waals surface area contributed by atoms with Crippen molar-refractivity contribution >= 4 is 22.5 Å². The van der Waals surface area contributed by atoms with Gasteiger partial charge in [-0.2, -0.15) is 0 Å². The molecule has 0 saturated carbocycles. The van der Waals surface area contributed by atoms with Crippen molar-refractivity contribution in [3.8, 4) is 0 Å². The first-order valence-electron chi connectivity index (χ1n) is 8.96. The van der Waals surface area contributed by atoms with Crippen LogP contribution in [-0.4, -0.2) is 38.6 Å². The van der Waals surface area contributed by atoms with Crippen LogP contribution in [0.5, 0.6) is 0 Å². The lowest BCUT2D eigenvalue weighted by Crippen LogP contribution is -2.34. The average molecular weight is 400 g/mol. The zero-order chi connectivity index (χ0) is 19.7. The number of nitrogens with one attached hydrogen (secondary N) is 1. The van der Waals surface area contributed by atoms with Crippen molar-refractivity contribution in [3.05, 3.63) is 75.1 Å². The molecule has 3 atom stereocenters. The van der Waals surface area contributed by atoms with E-state index < -0.39 is 29.7 Å². The van der Waals surface area contributed by atoms with Crippen LogP contribution in [0, 0.1) is 0 Å². The molecule has 1 aliphatic heterocycles. The highest BCUT2D eigenvalue weighted by Crippen LogP contribution is 2.30. The molecule has 0 spiro atoms. The van der Waals surface area contributed by atoms with Crippen molar-refractivity contribution in [3.63, 3.8) is 0 Å². The van der Waals surface area contributed by atoms with Gasteiger partial charge < -0.3 is 14.9 Å². The topological polar surface area (TPSA) is 105 Å². The minimum Gasteiger partial charge on any atom is -0.394 e. The molecule has 1 fully saturated rings. The Morgan fingerprint density at radius 1 is 1.18 bits per heavy atom. The van der Waals surface area contributed by atoms with Crippen LogP contribution in [0.25, 0.3) is 10.8 Å². The molecular weight excluding hydrogens is 380 g/mol. The molecule has 1 saturated heterocycles. The maximum Gasteiger partial charge on any atom is 0.330 e. The Labute approximate surface area is 164 Å². The highest BCUT2D eigenvalue weighted by Gasteiger charge is 2.35. The Morgan fingerprint density at radius 3 is 2.75 bits per heavy atom. The molecule has 8 heteroatoms. The predicted octanol–water partition coefficient (Wildman–Crippen LogP) is 1.62. The largest absolute Gasteiger partial charge is 0.394 e. The van der Waals surface area contributed by atoms with E-state index in [1.54, 1.807) is 0 Å². The first-order chi connectivity index (χ1) is 13.6. The van der Waals surface area contributed by atoms with Gasteiger partial charge in [-0.3, -0.25) is 14.3 Å². The Bertz CT molecular complexity index is 1100. The molecule has 146 valence electrons. The summed E-state index contributed by atoms with van der Waals surface area (Å²) in [6.45, 7) is -0.334. The van der Waals surface area contributed by atoms with Gasteiger partial charge in [0, 0.05) is 28.8 Å². The monoisotopic (exact) mass is 400 g/mol. The highest BCUT2D eigenvalue weighted by atomic mass is 32.2. The fourth-order valence-corrected chi connectivity index (χ4v) is 4.40. The Kier molecular flexibility index (Phi) is 5.36. The van der Waals surface area contributed by atoms with Crippen molar-refractivity contribution < 1.29 is 14.9 Å². The number of aliphatic hydroxyl groups excluding tert-OH is 2. The van der Waals surface area contributed by atoms with Gasteiger partial charge in [-0.1, -0.05) is 36.4 Å². The van der Waals surface area contributed by atoms with E-state index in [4.69, 9.17) is 4.74 Å². The maximum absolute atomic E-state index is 12.3. The zero-order valence-corrected chi connectivity index (χ0v) is 15.8. The summed E-state index contributed by atoms with van der Waals surface area (Å²) in [6, 6.07) is 14.0. The second-order valence-corrected chi connectivity index (χ2v) is 7.72. The van der Waals surface area contributed by atoms with E-state index in [1.165, 1.54) is 22.5 Å². The summed E-state index contributed by atoms with van der Waals surface area (Å²) in [5.74, 6) is 0.377. The fourth-order valence-electron chi connectivity index (χ4n) is 3.37. The lowest BCUT2D eigenvalue weighted by Gasteiger charge is -2.15. The van der Waals surface area contributed by atoms with Crippen LogP contribution in [0.4, 0.5) is 0 Å². The number of nitrogens with zero attached hydrogens (tertiary/aromatic N) is 1. The number of aliphatic hydroxyl groups is 2. The molecule has 3 aromatic rings. The van der Waals surface area contributed by atoms with Gasteiger partial charge in [-0.05, 0) is 16.8 Å². The van der Waals surface area contributed by atoms with Gasteiger partial charge in [-0.15, -0.1) is 11.8 Å². The molecular formula is C20H20N2O5S. The van der Waals surface area contributed by atoms with Gasteiger partial charge in [-0.25, -0.2) is 4.79 Å². The van der Waals surface area contributed by atoms with Gasteiger partial charge in [0.15, 0.2) is 0 Å². The number of hydrogen-bond donors (Lipinski definition) is 3. The summed E-state index contributed by atoms with van der Waals surface area (Å²) in [4.78, 5) is 27.8. The molecule has 0 radical (unpaired) electrons. The number of aromatic amines is 1. The van der Waals surface area contributed by atoms with Crippen molar-refractivity contribution in [2.75, 3.05) is 6.61 Å². The number of aromatic nitrogens is 2. The minimum atomic E-state index is -0.859. The lowest BCUT2D eigenvalue weighted by molar-refractivity contribution is -0.0459. The predicted molar refractivity (Wildman–Crippen MR) is 106 cm³/mol. The second kappa shape index (κ2) is 7.92. The third-order valence-corrected chi connectivity index (χ3v) is 5.99. The van der Waals surface area contributed by atoms with Gasteiger partial charge >= 0.3 is 5.69 Å². The van der Waals surface area contributed by atoms with E-state index in [9.17, 15) is 19.8 Å². The molecule has 2 aromatic carbocycles. The van der Waals surface area contributed by atoms with Gasteiger partial charge in [0.1, 0.15) is 12.3 Å². The van der Waals surface area contributed by atoms with E-state index in [0.717, 1.165) is 15.7 Å². The smallest absolute Gasteiger partial charge is 0.330 e. The number of ether oxygens (including phenoxy) is 1. The summed E-state index contributed by atoms with van der Waals surface area (Å²) in [5, 5.41) is 21.4. The number of H-pyrrole nitrogens is 1. The molecule has 1 aromatic heterocycles. The van der Waals surface area contributed by atoms with Gasteiger partial charge in [0.05, 0.1) is 12.7 Å². The van der Waals surface area contributed by atoms with E-state index in [2.05, 4.69) is 4.98 Å². The number of benzene rings is 2. The second-order valence-electron chi connectivity index (χ2n) is 6.70. The van der Waals surface area contributed by atoms with Crippen LogP contribution in [0.2, 0.25) is 0 Å². The Balaban J connectivity index is 1.60. The van der Waals surface area contributed by atoms with E-state index >= 15 is 0 Å². The SMILES string of the molecule is O=c1[nH]c(=O)n(C2CC(O)C(CO)O2)cc1CSc1cccc2ccccc12. The molecule has 3 N–H and O–H groups in total. The summed E-state index contributed by atoms with van der Waals surface area (Å²) < 4.78 is 6.82. The standard InChI is InChI=1S/C20H20N2O5S/c23-10-16-15(24)8-18(27-16)22-9-13(19(25)21-20(22)26)11-28-17-7-3-5-12-4-1-2-6-14(12)17/h1-7,9,15-16,18,23-24H,8,10-11H2,(H,21,25,26). The van der Waals surface area contributed by atoms with Crippen molar-refractivity contribution in [1.82, 2.24) is 9.55 Å². The number of hydrogen-bond acceptors (Lipinski definition) is 6.